The lowest BCUT2D eigenvalue weighted by atomic mass is 9.79. The average Bonchev–Trinajstić information content (AvgIpc) is 2.04. The summed E-state index contributed by atoms with van der Waals surface area (Å²) in [5.74, 6) is -0.634. The van der Waals surface area contributed by atoms with Gasteiger partial charge in [0.15, 0.2) is 0 Å². The highest BCUT2D eigenvalue weighted by atomic mass is 35.5. The van der Waals surface area contributed by atoms with E-state index >= 15 is 0 Å². The van der Waals surface area contributed by atoms with E-state index in [1.165, 1.54) is 12.1 Å². The van der Waals surface area contributed by atoms with E-state index in [1.54, 1.807) is 6.92 Å². The van der Waals surface area contributed by atoms with Crippen molar-refractivity contribution in [3.63, 3.8) is 0 Å². The highest BCUT2D eigenvalue weighted by Crippen LogP contribution is 2.18. The van der Waals surface area contributed by atoms with Crippen LogP contribution in [0.3, 0.4) is 0 Å². The molecule has 0 heterocycles. The van der Waals surface area contributed by atoms with Gasteiger partial charge in [0, 0.05) is 16.0 Å². The lowest BCUT2D eigenvalue weighted by Gasteiger charge is -2.07. The molecule has 0 radical (unpaired) electrons. The van der Waals surface area contributed by atoms with Crippen molar-refractivity contribution in [2.24, 2.45) is 0 Å². The molecular weight excluding hydrogens is 193 g/mol. The van der Waals surface area contributed by atoms with Crippen LogP contribution < -0.4 is 5.46 Å². The number of hydrogen-bond acceptors (Lipinski definition) is 2. The van der Waals surface area contributed by atoms with Crippen molar-refractivity contribution in [1.29, 1.82) is 0 Å². The first-order valence-corrected chi connectivity index (χ1v) is 4.28. The molecule has 2 N–H and O–H groups in total. The SMILES string of the molecule is CCc1c(Cl)ccc(B(O)O)c1F. The Bertz CT molecular complexity index is 317. The first-order chi connectivity index (χ1) is 6.07. The molecule has 0 bridgehead atoms. The van der Waals surface area contributed by atoms with Gasteiger partial charge in [-0.25, -0.2) is 4.39 Å². The van der Waals surface area contributed by atoms with Gasteiger partial charge in [0.25, 0.3) is 0 Å². The van der Waals surface area contributed by atoms with Crippen LogP contribution in [0.25, 0.3) is 0 Å². The molecule has 0 aliphatic heterocycles. The summed E-state index contributed by atoms with van der Waals surface area (Å²) in [7, 11) is -1.79. The Morgan fingerprint density at radius 1 is 1.46 bits per heavy atom. The fourth-order valence-corrected chi connectivity index (χ4v) is 1.42. The second-order valence-corrected chi connectivity index (χ2v) is 3.06. The van der Waals surface area contributed by atoms with Crippen molar-refractivity contribution in [1.82, 2.24) is 0 Å². The minimum absolute atomic E-state index is 0.138. The molecule has 0 saturated heterocycles. The third kappa shape index (κ3) is 2.02. The minimum atomic E-state index is -1.79. The number of rotatable bonds is 2. The van der Waals surface area contributed by atoms with Crippen LogP contribution in [0.15, 0.2) is 12.1 Å². The third-order valence-electron chi connectivity index (χ3n) is 1.85. The topological polar surface area (TPSA) is 40.5 Å². The van der Waals surface area contributed by atoms with E-state index in [-0.39, 0.29) is 5.46 Å². The Morgan fingerprint density at radius 2 is 2.08 bits per heavy atom. The van der Waals surface area contributed by atoms with E-state index in [4.69, 9.17) is 21.6 Å². The van der Waals surface area contributed by atoms with Gasteiger partial charge in [-0.1, -0.05) is 24.6 Å². The molecule has 0 amide bonds. The molecule has 1 rings (SSSR count). The van der Waals surface area contributed by atoms with Gasteiger partial charge in [-0.3, -0.25) is 0 Å². The minimum Gasteiger partial charge on any atom is -0.423 e. The molecular formula is C8H9BClFO2. The van der Waals surface area contributed by atoms with Crippen molar-refractivity contribution >= 4 is 24.2 Å². The van der Waals surface area contributed by atoms with E-state index in [1.807, 2.05) is 0 Å². The normalized spacial score (nSPS) is 10.2. The molecule has 5 heteroatoms. The molecule has 0 aliphatic rings. The van der Waals surface area contributed by atoms with Crippen LogP contribution in [-0.2, 0) is 6.42 Å². The van der Waals surface area contributed by atoms with Crippen LogP contribution in [0.4, 0.5) is 4.39 Å². The van der Waals surface area contributed by atoms with E-state index in [9.17, 15) is 4.39 Å². The van der Waals surface area contributed by atoms with Gasteiger partial charge < -0.3 is 10.0 Å². The standard InChI is InChI=1S/C8H9BClFO2/c1-2-5-7(10)4-3-6(8(5)11)9(12)13/h3-4,12-13H,2H2,1H3. The molecule has 0 fully saturated rings. The highest BCUT2D eigenvalue weighted by molar-refractivity contribution is 6.58. The molecule has 0 saturated carbocycles. The van der Waals surface area contributed by atoms with E-state index in [0.717, 1.165) is 0 Å². The fourth-order valence-electron chi connectivity index (χ4n) is 1.14. The predicted octanol–water partition coefficient (Wildman–Crippen LogP) is 0.721. The summed E-state index contributed by atoms with van der Waals surface area (Å²) in [6, 6.07) is 2.72. The maximum atomic E-state index is 13.4. The summed E-state index contributed by atoms with van der Waals surface area (Å²) in [5.41, 5.74) is 0.175. The molecule has 2 nitrogen and oxygen atoms in total. The zero-order valence-corrected chi connectivity index (χ0v) is 7.85. The molecule has 1 aromatic carbocycles. The Labute approximate surface area is 81.1 Å². The molecule has 0 spiro atoms. The van der Waals surface area contributed by atoms with Gasteiger partial charge in [-0.2, -0.15) is 0 Å². The molecule has 0 aliphatic carbocycles. The number of benzene rings is 1. The largest absolute Gasteiger partial charge is 0.491 e. The maximum Gasteiger partial charge on any atom is 0.491 e. The van der Waals surface area contributed by atoms with Crippen LogP contribution in [0.1, 0.15) is 12.5 Å². The quantitative estimate of drug-likeness (QED) is 0.694. The van der Waals surface area contributed by atoms with Crippen LogP contribution >= 0.6 is 11.6 Å². The monoisotopic (exact) mass is 202 g/mol. The first-order valence-electron chi connectivity index (χ1n) is 3.90. The van der Waals surface area contributed by atoms with Crippen LogP contribution in [-0.4, -0.2) is 17.2 Å². The van der Waals surface area contributed by atoms with Gasteiger partial charge >= 0.3 is 7.12 Å². The predicted molar refractivity (Wildman–Crippen MR) is 50.6 cm³/mol. The smallest absolute Gasteiger partial charge is 0.423 e. The molecule has 13 heavy (non-hydrogen) atoms. The summed E-state index contributed by atoms with van der Waals surface area (Å²) in [6.07, 6.45) is 0.422. The second-order valence-electron chi connectivity index (χ2n) is 2.66. The number of halogens is 2. The highest BCUT2D eigenvalue weighted by Gasteiger charge is 2.19. The van der Waals surface area contributed by atoms with Gasteiger partial charge in [0.05, 0.1) is 0 Å². The molecule has 0 aromatic heterocycles. The van der Waals surface area contributed by atoms with E-state index in [2.05, 4.69) is 0 Å². The lowest BCUT2D eigenvalue weighted by Crippen LogP contribution is -2.33. The van der Waals surface area contributed by atoms with Crippen LogP contribution in [0.5, 0.6) is 0 Å². The van der Waals surface area contributed by atoms with Crippen molar-refractivity contribution in [3.05, 3.63) is 28.5 Å². The van der Waals surface area contributed by atoms with E-state index < -0.39 is 12.9 Å². The summed E-state index contributed by atoms with van der Waals surface area (Å²) >= 11 is 5.70. The maximum absolute atomic E-state index is 13.4. The zero-order chi connectivity index (χ0) is 10.0. The van der Waals surface area contributed by atoms with Gasteiger partial charge in [0.2, 0.25) is 0 Å². The van der Waals surface area contributed by atoms with Gasteiger partial charge in [-0.05, 0) is 12.5 Å². The van der Waals surface area contributed by atoms with Gasteiger partial charge in [0.1, 0.15) is 5.82 Å². The molecule has 0 atom stereocenters. The number of hydrogen-bond donors (Lipinski definition) is 2. The van der Waals surface area contributed by atoms with Crippen LogP contribution in [0.2, 0.25) is 5.02 Å². The third-order valence-corrected chi connectivity index (χ3v) is 2.20. The Morgan fingerprint density at radius 3 is 2.54 bits per heavy atom. The second kappa shape index (κ2) is 4.09. The van der Waals surface area contributed by atoms with Crippen molar-refractivity contribution in [2.75, 3.05) is 0 Å². The summed E-state index contributed by atoms with van der Waals surface area (Å²) < 4.78 is 13.4. The van der Waals surface area contributed by atoms with Crippen LogP contribution in [0, 0.1) is 5.82 Å². The van der Waals surface area contributed by atoms with Gasteiger partial charge in [-0.15, -0.1) is 0 Å². The zero-order valence-electron chi connectivity index (χ0n) is 7.09. The Balaban J connectivity index is 3.27. The van der Waals surface area contributed by atoms with Crippen molar-refractivity contribution < 1.29 is 14.4 Å². The Kier molecular flexibility index (Phi) is 3.30. The summed E-state index contributed by atoms with van der Waals surface area (Å²) in [6.45, 7) is 1.75. The average molecular weight is 202 g/mol. The molecule has 1 aromatic rings. The molecule has 70 valence electrons. The van der Waals surface area contributed by atoms with E-state index in [0.29, 0.717) is 17.0 Å². The van der Waals surface area contributed by atoms with Crippen molar-refractivity contribution in [3.8, 4) is 0 Å². The lowest BCUT2D eigenvalue weighted by molar-refractivity contribution is 0.422. The first kappa shape index (κ1) is 10.5. The fraction of sp³-hybridized carbons (Fsp3) is 0.250. The van der Waals surface area contributed by atoms with Crippen molar-refractivity contribution in [2.45, 2.75) is 13.3 Å². The Hall–Kier alpha value is -0.575. The molecule has 0 unspecified atom stereocenters. The summed E-state index contributed by atoms with van der Waals surface area (Å²) in [5, 5.41) is 17.9. The summed E-state index contributed by atoms with van der Waals surface area (Å²) in [4.78, 5) is 0.